The second-order valence-corrected chi connectivity index (χ2v) is 7.87. The van der Waals surface area contributed by atoms with Gasteiger partial charge in [-0.15, -0.1) is 11.3 Å². The summed E-state index contributed by atoms with van der Waals surface area (Å²) < 4.78 is 6.92. The normalized spacial score (nSPS) is 12.3. The largest absolute Gasteiger partial charge is 0.463 e. The van der Waals surface area contributed by atoms with Crippen molar-refractivity contribution in [1.82, 2.24) is 9.47 Å². The van der Waals surface area contributed by atoms with Crippen molar-refractivity contribution >= 4 is 58.6 Å². The molecule has 0 unspecified atom stereocenters. The molecule has 0 fully saturated rings. The van der Waals surface area contributed by atoms with Crippen LogP contribution in [-0.2, 0) is 20.9 Å². The Labute approximate surface area is 182 Å². The maximum absolute atomic E-state index is 13.0. The van der Waals surface area contributed by atoms with Gasteiger partial charge in [0.05, 0.1) is 17.2 Å². The first-order valence-corrected chi connectivity index (χ1v) is 10.7. The van der Waals surface area contributed by atoms with E-state index in [-0.39, 0.29) is 24.6 Å². The topological polar surface area (TPSA) is 68.6 Å². The van der Waals surface area contributed by atoms with Gasteiger partial charge in [-0.2, -0.15) is 0 Å². The van der Waals surface area contributed by atoms with Crippen molar-refractivity contribution in [3.63, 3.8) is 0 Å². The summed E-state index contributed by atoms with van der Waals surface area (Å²) in [7, 11) is 0. The Hall–Kier alpha value is -2.09. The van der Waals surface area contributed by atoms with Crippen LogP contribution in [0.3, 0.4) is 0 Å². The molecule has 2 rings (SSSR count). The average Bonchev–Trinajstić information content (AvgIpc) is 2.94. The Morgan fingerprint density at radius 2 is 1.90 bits per heavy atom. The number of halogens is 2. The minimum absolute atomic E-state index is 0.162. The number of carbonyl (C=O) groups excluding carboxylic acids is 2. The number of ether oxygens (including phenoxy) is 1. The fraction of sp³-hybridized carbons (Fsp3) is 0.350. The van der Waals surface area contributed by atoms with Crippen molar-refractivity contribution in [1.29, 1.82) is 0 Å². The van der Waals surface area contributed by atoms with Gasteiger partial charge in [0, 0.05) is 23.1 Å². The minimum atomic E-state index is -0.575. The van der Waals surface area contributed by atoms with Crippen LogP contribution in [0.1, 0.15) is 26.3 Å². The number of rotatable bonds is 7. The summed E-state index contributed by atoms with van der Waals surface area (Å²) in [4.78, 5) is 39.1. The summed E-state index contributed by atoms with van der Waals surface area (Å²) in [6.45, 7) is 6.54. The van der Waals surface area contributed by atoms with Gasteiger partial charge in [0.15, 0.2) is 0 Å². The van der Waals surface area contributed by atoms with E-state index in [9.17, 15) is 14.4 Å². The predicted molar refractivity (Wildman–Crippen MR) is 117 cm³/mol. The number of thiazole rings is 1. The number of hydrogen-bond donors (Lipinski definition) is 0. The molecule has 0 aliphatic rings. The lowest BCUT2D eigenvalue weighted by molar-refractivity contribution is -0.135. The fourth-order valence-corrected chi connectivity index (χ4v) is 4.13. The Morgan fingerprint density at radius 1 is 1.21 bits per heavy atom. The molecule has 0 radical (unpaired) electrons. The summed E-state index contributed by atoms with van der Waals surface area (Å²) in [5, 5.41) is 0.879. The standard InChI is InChI=1S/C20H22Cl2N2O4S/c1-4-23(5-2)17(25)12-24-18(11-19(26)28-6-3)29-16(20(24)27)9-13-7-8-14(21)10-15(13)22/h7-11H,4-6,12H2,1-3H3/b16-9-,18-11+. The quantitative estimate of drug-likeness (QED) is 0.599. The molecule has 0 bridgehead atoms. The van der Waals surface area contributed by atoms with Gasteiger partial charge in [0.2, 0.25) is 5.91 Å². The summed E-state index contributed by atoms with van der Waals surface area (Å²) in [5.74, 6) is -0.779. The third-order valence-corrected chi connectivity index (χ3v) is 5.75. The summed E-state index contributed by atoms with van der Waals surface area (Å²) in [5.41, 5.74) is 0.233. The number of hydrogen-bond acceptors (Lipinski definition) is 5. The van der Waals surface area contributed by atoms with Gasteiger partial charge in [0.25, 0.3) is 5.56 Å². The fourth-order valence-electron chi connectivity index (χ4n) is 2.65. The number of nitrogens with zero attached hydrogens (tertiary/aromatic N) is 2. The zero-order valence-electron chi connectivity index (χ0n) is 16.4. The van der Waals surface area contributed by atoms with Crippen molar-refractivity contribution in [3.05, 3.63) is 53.4 Å². The molecule has 9 heteroatoms. The van der Waals surface area contributed by atoms with E-state index >= 15 is 0 Å². The van der Waals surface area contributed by atoms with Crippen LogP contribution in [0.5, 0.6) is 0 Å². The highest BCUT2D eigenvalue weighted by molar-refractivity contribution is 7.07. The van der Waals surface area contributed by atoms with E-state index < -0.39 is 5.97 Å². The highest BCUT2D eigenvalue weighted by Gasteiger charge is 2.15. The van der Waals surface area contributed by atoms with E-state index in [0.29, 0.717) is 37.9 Å². The zero-order valence-corrected chi connectivity index (χ0v) is 18.7. The number of esters is 1. The zero-order chi connectivity index (χ0) is 21.6. The lowest BCUT2D eigenvalue weighted by atomic mass is 10.2. The molecule has 0 spiro atoms. The van der Waals surface area contributed by atoms with Crippen molar-refractivity contribution < 1.29 is 14.3 Å². The second-order valence-electron chi connectivity index (χ2n) is 5.97. The van der Waals surface area contributed by atoms with Crippen LogP contribution in [0.15, 0.2) is 23.0 Å². The van der Waals surface area contributed by atoms with Gasteiger partial charge < -0.3 is 9.64 Å². The third-order valence-electron chi connectivity index (χ3n) is 4.12. The van der Waals surface area contributed by atoms with Crippen LogP contribution in [-0.4, -0.2) is 41.0 Å². The Kier molecular flexibility index (Phi) is 8.49. The Balaban J connectivity index is 2.62. The smallest absolute Gasteiger partial charge is 0.333 e. The molecule has 156 valence electrons. The molecule has 1 heterocycles. The van der Waals surface area contributed by atoms with E-state index in [1.165, 1.54) is 10.6 Å². The summed E-state index contributed by atoms with van der Waals surface area (Å²) in [6.07, 6.45) is 2.85. The average molecular weight is 457 g/mol. The van der Waals surface area contributed by atoms with Crippen molar-refractivity contribution in [2.75, 3.05) is 19.7 Å². The number of carbonyl (C=O) groups is 2. The molecular weight excluding hydrogens is 435 g/mol. The van der Waals surface area contributed by atoms with Crippen LogP contribution < -0.4 is 14.8 Å². The van der Waals surface area contributed by atoms with E-state index in [0.717, 1.165) is 11.3 Å². The molecule has 0 aliphatic heterocycles. The molecule has 2 aromatic rings. The van der Waals surface area contributed by atoms with Gasteiger partial charge in [0.1, 0.15) is 11.2 Å². The van der Waals surface area contributed by atoms with E-state index in [1.54, 1.807) is 36.1 Å². The molecular formula is C20H22Cl2N2O4S. The van der Waals surface area contributed by atoms with Gasteiger partial charge in [-0.1, -0.05) is 29.3 Å². The first kappa shape index (κ1) is 23.2. The van der Waals surface area contributed by atoms with Crippen LogP contribution in [0.25, 0.3) is 12.2 Å². The van der Waals surface area contributed by atoms with Crippen molar-refractivity contribution in [3.8, 4) is 0 Å². The van der Waals surface area contributed by atoms with Gasteiger partial charge >= 0.3 is 5.97 Å². The molecule has 29 heavy (non-hydrogen) atoms. The predicted octanol–water partition coefficient (Wildman–Crippen LogP) is 2.26. The summed E-state index contributed by atoms with van der Waals surface area (Å²) >= 11 is 13.2. The maximum Gasteiger partial charge on any atom is 0.333 e. The van der Waals surface area contributed by atoms with Crippen LogP contribution in [0.4, 0.5) is 0 Å². The highest BCUT2D eigenvalue weighted by atomic mass is 35.5. The summed E-state index contributed by atoms with van der Waals surface area (Å²) in [6, 6.07) is 4.95. The Morgan fingerprint density at radius 3 is 2.48 bits per heavy atom. The van der Waals surface area contributed by atoms with Crippen molar-refractivity contribution in [2.24, 2.45) is 0 Å². The van der Waals surface area contributed by atoms with Crippen LogP contribution >= 0.6 is 34.5 Å². The number of likely N-dealkylation sites (N-methyl/N-ethyl adjacent to an activating group) is 1. The second kappa shape index (κ2) is 10.6. The van der Waals surface area contributed by atoms with Gasteiger partial charge in [-0.25, -0.2) is 4.79 Å². The van der Waals surface area contributed by atoms with Gasteiger partial charge in [-0.05, 0) is 44.5 Å². The Bertz CT molecular complexity index is 1070. The monoisotopic (exact) mass is 456 g/mol. The lowest BCUT2D eigenvalue weighted by Crippen LogP contribution is -2.40. The molecule has 0 atom stereocenters. The van der Waals surface area contributed by atoms with E-state index in [2.05, 4.69) is 0 Å². The first-order valence-electron chi connectivity index (χ1n) is 9.13. The minimum Gasteiger partial charge on any atom is -0.463 e. The van der Waals surface area contributed by atoms with E-state index in [4.69, 9.17) is 27.9 Å². The number of amides is 1. The van der Waals surface area contributed by atoms with E-state index in [1.807, 2.05) is 13.8 Å². The lowest BCUT2D eigenvalue weighted by Gasteiger charge is -2.18. The molecule has 6 nitrogen and oxygen atoms in total. The van der Waals surface area contributed by atoms with Gasteiger partial charge in [-0.3, -0.25) is 14.2 Å². The molecule has 0 N–H and O–H groups in total. The van der Waals surface area contributed by atoms with Crippen LogP contribution in [0, 0.1) is 0 Å². The third kappa shape index (κ3) is 5.95. The SMILES string of the molecule is CCOC(=O)/C=c1/s/c(=C\c2ccc(Cl)cc2Cl)c(=O)n1CC(=O)N(CC)CC. The molecule has 0 saturated heterocycles. The van der Waals surface area contributed by atoms with Crippen molar-refractivity contribution in [2.45, 2.75) is 27.3 Å². The number of benzene rings is 1. The molecule has 0 saturated carbocycles. The molecule has 1 aromatic heterocycles. The first-order chi connectivity index (χ1) is 13.8. The number of aromatic nitrogens is 1. The molecule has 1 aromatic carbocycles. The molecule has 1 amide bonds. The maximum atomic E-state index is 13.0. The highest BCUT2D eigenvalue weighted by Crippen LogP contribution is 2.21. The van der Waals surface area contributed by atoms with Crippen LogP contribution in [0.2, 0.25) is 10.0 Å². The molecule has 0 aliphatic carbocycles.